The molecule has 0 amide bonds. The second-order valence-electron chi connectivity index (χ2n) is 6.73. The van der Waals surface area contributed by atoms with Crippen molar-refractivity contribution < 1.29 is 27.1 Å². The van der Waals surface area contributed by atoms with Crippen LogP contribution in [0.15, 0.2) is 76.2 Å². The van der Waals surface area contributed by atoms with Gasteiger partial charge in [0.2, 0.25) is 5.09 Å². The molecule has 0 radical (unpaired) electrons. The highest BCUT2D eigenvalue weighted by Gasteiger charge is 2.21. The number of furan rings is 1. The van der Waals surface area contributed by atoms with Crippen molar-refractivity contribution in [3.8, 4) is 5.75 Å². The minimum Gasteiger partial charge on any atom is -0.482 e. The molecule has 3 rings (SSSR count). The zero-order valence-electron chi connectivity index (χ0n) is 16.8. The molecule has 0 fully saturated rings. The van der Waals surface area contributed by atoms with Crippen molar-refractivity contribution in [1.29, 1.82) is 0 Å². The molecule has 1 heterocycles. The van der Waals surface area contributed by atoms with E-state index in [0.29, 0.717) is 12.2 Å². The topological polar surface area (TPSA) is 86.0 Å². The van der Waals surface area contributed by atoms with Crippen LogP contribution in [0.4, 0.5) is 0 Å². The van der Waals surface area contributed by atoms with Gasteiger partial charge in [-0.25, -0.2) is 17.5 Å². The summed E-state index contributed by atoms with van der Waals surface area (Å²) in [5, 5.41) is -0.204. The van der Waals surface area contributed by atoms with Crippen LogP contribution in [-0.4, -0.2) is 39.4 Å². The van der Waals surface area contributed by atoms with E-state index in [-0.39, 0.29) is 24.1 Å². The summed E-state index contributed by atoms with van der Waals surface area (Å²) in [6, 6.07) is 20.2. The van der Waals surface area contributed by atoms with Crippen molar-refractivity contribution in [3.05, 3.63) is 83.6 Å². The molecule has 0 aliphatic rings. The molecule has 158 valence electrons. The van der Waals surface area contributed by atoms with Gasteiger partial charge in [0.1, 0.15) is 18.1 Å². The number of para-hydroxylation sites is 1. The smallest absolute Gasteiger partial charge is 0.344 e. The monoisotopic (exact) mass is 429 g/mol. The van der Waals surface area contributed by atoms with Gasteiger partial charge >= 0.3 is 5.97 Å². The third kappa shape index (κ3) is 5.49. The molecular weight excluding hydrogens is 406 g/mol. The summed E-state index contributed by atoms with van der Waals surface area (Å²) < 4.78 is 41.1. The van der Waals surface area contributed by atoms with Gasteiger partial charge in [-0.2, -0.15) is 0 Å². The molecule has 1 aromatic heterocycles. The number of hydrogen-bond donors (Lipinski definition) is 0. The molecule has 0 saturated carbocycles. The van der Waals surface area contributed by atoms with Crippen LogP contribution in [0.5, 0.6) is 5.75 Å². The number of sulfonamides is 1. The van der Waals surface area contributed by atoms with E-state index in [0.717, 1.165) is 15.4 Å². The summed E-state index contributed by atoms with van der Waals surface area (Å²) in [5.74, 6) is 0.252. The number of rotatable bonds is 9. The van der Waals surface area contributed by atoms with E-state index in [1.165, 1.54) is 26.2 Å². The van der Waals surface area contributed by atoms with E-state index < -0.39 is 16.0 Å². The Morgan fingerprint density at radius 1 is 0.967 bits per heavy atom. The van der Waals surface area contributed by atoms with Crippen molar-refractivity contribution >= 4 is 16.0 Å². The zero-order chi connectivity index (χ0) is 21.6. The van der Waals surface area contributed by atoms with Crippen molar-refractivity contribution in [3.63, 3.8) is 0 Å². The number of carbonyl (C=O) groups excluding carboxylic acids is 1. The zero-order valence-corrected chi connectivity index (χ0v) is 17.6. The lowest BCUT2D eigenvalue weighted by Gasteiger charge is -2.11. The highest BCUT2D eigenvalue weighted by atomic mass is 32.2. The molecule has 2 aromatic carbocycles. The molecule has 30 heavy (non-hydrogen) atoms. The van der Waals surface area contributed by atoms with Crippen molar-refractivity contribution in [2.45, 2.75) is 18.1 Å². The second kappa shape index (κ2) is 9.60. The summed E-state index contributed by atoms with van der Waals surface area (Å²) in [7, 11) is -0.856. The summed E-state index contributed by atoms with van der Waals surface area (Å²) in [4.78, 5) is 12.1. The minimum atomic E-state index is -3.67. The summed E-state index contributed by atoms with van der Waals surface area (Å²) in [5.41, 5.74) is 2.10. The third-order valence-corrected chi connectivity index (χ3v) is 5.99. The Morgan fingerprint density at radius 2 is 1.67 bits per heavy atom. The first-order valence-corrected chi connectivity index (χ1v) is 10.7. The average molecular weight is 429 g/mol. The van der Waals surface area contributed by atoms with Crippen LogP contribution in [0.1, 0.15) is 16.9 Å². The fourth-order valence-corrected chi connectivity index (χ4v) is 3.50. The Kier molecular flexibility index (Phi) is 6.91. The normalized spacial score (nSPS) is 11.4. The quantitative estimate of drug-likeness (QED) is 0.486. The summed E-state index contributed by atoms with van der Waals surface area (Å²) in [6.45, 7) is -0.452. The molecular formula is C22H23NO6S. The van der Waals surface area contributed by atoms with Gasteiger partial charge in [-0.3, -0.25) is 0 Å². The molecule has 0 bridgehead atoms. The lowest BCUT2D eigenvalue weighted by Crippen LogP contribution is -2.21. The van der Waals surface area contributed by atoms with Crippen LogP contribution < -0.4 is 4.74 Å². The van der Waals surface area contributed by atoms with E-state index in [9.17, 15) is 13.2 Å². The van der Waals surface area contributed by atoms with Crippen LogP contribution in [-0.2, 0) is 32.6 Å². The fourth-order valence-electron chi connectivity index (χ4n) is 2.69. The first-order chi connectivity index (χ1) is 14.4. The SMILES string of the molecule is CN(C)S(=O)(=O)c1ccc(COC(=O)COc2ccccc2Cc2ccccc2)o1. The van der Waals surface area contributed by atoms with Crippen molar-refractivity contribution in [2.24, 2.45) is 0 Å². The Hall–Kier alpha value is -3.10. The van der Waals surface area contributed by atoms with E-state index in [1.807, 2.05) is 48.5 Å². The van der Waals surface area contributed by atoms with Gasteiger partial charge in [0.05, 0.1) is 0 Å². The maximum atomic E-state index is 12.1. The van der Waals surface area contributed by atoms with E-state index >= 15 is 0 Å². The van der Waals surface area contributed by atoms with Crippen LogP contribution in [0.3, 0.4) is 0 Å². The van der Waals surface area contributed by atoms with Crippen LogP contribution >= 0.6 is 0 Å². The predicted molar refractivity (Wildman–Crippen MR) is 111 cm³/mol. The van der Waals surface area contributed by atoms with Gasteiger partial charge in [0, 0.05) is 20.5 Å². The van der Waals surface area contributed by atoms with Gasteiger partial charge in [-0.1, -0.05) is 48.5 Å². The highest BCUT2D eigenvalue weighted by Crippen LogP contribution is 2.22. The van der Waals surface area contributed by atoms with Gasteiger partial charge < -0.3 is 13.9 Å². The molecule has 0 aliphatic heterocycles. The van der Waals surface area contributed by atoms with Crippen LogP contribution in [0.25, 0.3) is 0 Å². The second-order valence-corrected chi connectivity index (χ2v) is 8.81. The molecule has 8 heteroatoms. The van der Waals surface area contributed by atoms with E-state index in [4.69, 9.17) is 13.9 Å². The number of ether oxygens (including phenoxy) is 2. The van der Waals surface area contributed by atoms with Gasteiger partial charge in [0.15, 0.2) is 6.61 Å². The molecule has 3 aromatic rings. The van der Waals surface area contributed by atoms with Gasteiger partial charge in [-0.15, -0.1) is 0 Å². The first kappa shape index (κ1) is 21.6. The molecule has 0 aliphatic carbocycles. The standard InChI is InChI=1S/C22H23NO6S/c1-23(2)30(25,26)22-13-12-19(29-22)15-28-21(24)16-27-20-11-7-6-10-18(20)14-17-8-4-3-5-9-17/h3-13H,14-16H2,1-2H3. The van der Waals surface area contributed by atoms with Gasteiger partial charge in [-0.05, 0) is 29.3 Å². The Labute approximate surface area is 175 Å². The lowest BCUT2D eigenvalue weighted by molar-refractivity contribution is -0.147. The number of esters is 1. The third-order valence-electron chi connectivity index (χ3n) is 4.30. The largest absolute Gasteiger partial charge is 0.482 e. The number of carbonyl (C=O) groups is 1. The summed E-state index contributed by atoms with van der Waals surface area (Å²) in [6.07, 6.45) is 0.682. The summed E-state index contributed by atoms with van der Waals surface area (Å²) >= 11 is 0. The van der Waals surface area contributed by atoms with Crippen LogP contribution in [0, 0.1) is 0 Å². The maximum Gasteiger partial charge on any atom is 0.344 e. The average Bonchev–Trinajstić information content (AvgIpc) is 3.22. The van der Waals surface area contributed by atoms with Crippen molar-refractivity contribution in [1.82, 2.24) is 4.31 Å². The molecule has 0 N–H and O–H groups in total. The molecule has 7 nitrogen and oxygen atoms in total. The number of benzene rings is 2. The lowest BCUT2D eigenvalue weighted by atomic mass is 10.0. The Bertz CT molecular complexity index is 1090. The Balaban J connectivity index is 1.54. The highest BCUT2D eigenvalue weighted by molar-refractivity contribution is 7.88. The minimum absolute atomic E-state index is 0.184. The van der Waals surface area contributed by atoms with E-state index in [1.54, 1.807) is 6.07 Å². The molecule has 0 saturated heterocycles. The Morgan fingerprint density at radius 3 is 2.40 bits per heavy atom. The number of nitrogens with zero attached hydrogens (tertiary/aromatic N) is 1. The predicted octanol–water partition coefficient (Wildman–Crippen LogP) is 3.24. The molecule has 0 atom stereocenters. The van der Waals surface area contributed by atoms with Crippen LogP contribution in [0.2, 0.25) is 0 Å². The van der Waals surface area contributed by atoms with Crippen molar-refractivity contribution in [2.75, 3.05) is 20.7 Å². The molecule has 0 unspecified atom stereocenters. The molecule has 0 spiro atoms. The van der Waals surface area contributed by atoms with Gasteiger partial charge in [0.25, 0.3) is 10.0 Å². The first-order valence-electron chi connectivity index (χ1n) is 9.28. The number of hydrogen-bond acceptors (Lipinski definition) is 6. The fraction of sp³-hybridized carbons (Fsp3) is 0.227. The maximum absolute atomic E-state index is 12.1. The van der Waals surface area contributed by atoms with E-state index in [2.05, 4.69) is 0 Å².